The molecule has 0 aromatic heterocycles. The maximum Gasteiger partial charge on any atom is 0.156 e. The van der Waals surface area contributed by atoms with E-state index in [0.29, 0.717) is 28.9 Å². The zero-order chi connectivity index (χ0) is 19.9. The second-order valence-electron chi connectivity index (χ2n) is 6.11. The van der Waals surface area contributed by atoms with E-state index < -0.39 is 0 Å². The summed E-state index contributed by atoms with van der Waals surface area (Å²) in [6.45, 7) is 3.40. The molecule has 3 aromatic rings. The van der Waals surface area contributed by atoms with Crippen molar-refractivity contribution >= 4 is 28.9 Å². The Morgan fingerprint density at radius 1 is 0.857 bits per heavy atom. The summed E-state index contributed by atoms with van der Waals surface area (Å²) in [6.07, 6.45) is 0. The van der Waals surface area contributed by atoms with Gasteiger partial charge >= 0.3 is 0 Å². The summed E-state index contributed by atoms with van der Waals surface area (Å²) in [5.41, 5.74) is 2.72. The van der Waals surface area contributed by atoms with Gasteiger partial charge in [0, 0.05) is 12.2 Å². The maximum atomic E-state index is 13.0. The van der Waals surface area contributed by atoms with Crippen LogP contribution >= 0.6 is 23.2 Å². The van der Waals surface area contributed by atoms with Gasteiger partial charge in [-0.1, -0.05) is 35.3 Å². The topological polar surface area (TPSA) is 30.5 Å². The normalized spacial score (nSPS) is 10.6. The average Bonchev–Trinajstić information content (AvgIpc) is 2.68. The van der Waals surface area contributed by atoms with Gasteiger partial charge in [-0.3, -0.25) is 0 Å². The Balaban J connectivity index is 1.61. The zero-order valence-corrected chi connectivity index (χ0v) is 16.9. The fourth-order valence-electron chi connectivity index (χ4n) is 2.63. The summed E-state index contributed by atoms with van der Waals surface area (Å²) in [5.74, 6) is 0.962. The second-order valence-corrected chi connectivity index (χ2v) is 6.93. The van der Waals surface area contributed by atoms with Crippen molar-refractivity contribution in [3.63, 3.8) is 0 Å². The third-order valence-corrected chi connectivity index (χ3v) is 4.58. The lowest BCUT2D eigenvalue weighted by atomic mass is 10.2. The Hall–Kier alpha value is -2.43. The summed E-state index contributed by atoms with van der Waals surface area (Å²) >= 11 is 12.7. The average molecular weight is 420 g/mol. The summed E-state index contributed by atoms with van der Waals surface area (Å²) in [7, 11) is 0. The number of hydrogen-bond acceptors (Lipinski definition) is 3. The molecule has 3 aromatic carbocycles. The van der Waals surface area contributed by atoms with E-state index in [0.717, 1.165) is 22.6 Å². The first-order valence-electron chi connectivity index (χ1n) is 8.87. The van der Waals surface area contributed by atoms with Gasteiger partial charge in [-0.15, -0.1) is 0 Å². The van der Waals surface area contributed by atoms with Crippen molar-refractivity contribution in [1.29, 1.82) is 0 Å². The molecule has 0 saturated heterocycles. The number of hydrogen-bond donors (Lipinski definition) is 1. The van der Waals surface area contributed by atoms with Gasteiger partial charge < -0.3 is 14.8 Å². The van der Waals surface area contributed by atoms with Crippen LogP contribution in [0, 0.1) is 5.82 Å². The first kappa shape index (κ1) is 20.3. The maximum absolute atomic E-state index is 13.0. The number of halogens is 3. The van der Waals surface area contributed by atoms with Crippen molar-refractivity contribution in [1.82, 2.24) is 0 Å². The van der Waals surface area contributed by atoms with E-state index in [-0.39, 0.29) is 12.4 Å². The van der Waals surface area contributed by atoms with E-state index in [1.165, 1.54) is 12.1 Å². The molecule has 6 heteroatoms. The summed E-state index contributed by atoms with van der Waals surface area (Å²) in [5, 5.41) is 4.18. The highest BCUT2D eigenvalue weighted by molar-refractivity contribution is 6.37. The van der Waals surface area contributed by atoms with Crippen LogP contribution in [0.3, 0.4) is 0 Å². The Morgan fingerprint density at radius 3 is 2.11 bits per heavy atom. The fraction of sp³-hybridized carbons (Fsp3) is 0.182. The minimum atomic E-state index is -0.288. The number of benzene rings is 3. The van der Waals surface area contributed by atoms with Gasteiger partial charge in [-0.25, -0.2) is 4.39 Å². The Bertz CT molecular complexity index is 892. The van der Waals surface area contributed by atoms with Crippen molar-refractivity contribution < 1.29 is 13.9 Å². The molecule has 0 aliphatic carbocycles. The van der Waals surface area contributed by atoms with Gasteiger partial charge in [0.1, 0.15) is 18.2 Å². The quantitative estimate of drug-likeness (QED) is 0.439. The molecule has 0 atom stereocenters. The van der Waals surface area contributed by atoms with E-state index in [9.17, 15) is 4.39 Å². The molecule has 0 unspecified atom stereocenters. The van der Waals surface area contributed by atoms with Crippen LogP contribution in [0.2, 0.25) is 10.0 Å². The van der Waals surface area contributed by atoms with E-state index in [2.05, 4.69) is 5.32 Å². The highest BCUT2D eigenvalue weighted by Crippen LogP contribution is 2.35. The molecule has 0 amide bonds. The molecule has 146 valence electrons. The number of anilines is 1. The van der Waals surface area contributed by atoms with E-state index in [1.54, 1.807) is 12.1 Å². The molecular formula is C22H20Cl2FNO2. The monoisotopic (exact) mass is 419 g/mol. The highest BCUT2D eigenvalue weighted by Gasteiger charge is 2.10. The minimum absolute atomic E-state index is 0.253. The van der Waals surface area contributed by atoms with Crippen LogP contribution in [0.1, 0.15) is 18.1 Å². The second kappa shape index (κ2) is 9.67. The van der Waals surface area contributed by atoms with Crippen molar-refractivity contribution in [2.45, 2.75) is 20.1 Å². The molecule has 0 aliphatic rings. The fourth-order valence-corrected chi connectivity index (χ4v) is 3.27. The Kier molecular flexibility index (Phi) is 7.01. The highest BCUT2D eigenvalue weighted by atomic mass is 35.5. The molecule has 0 aliphatic heterocycles. The van der Waals surface area contributed by atoms with Gasteiger partial charge in [0.2, 0.25) is 0 Å². The Morgan fingerprint density at radius 2 is 1.50 bits per heavy atom. The minimum Gasteiger partial charge on any atom is -0.494 e. The zero-order valence-electron chi connectivity index (χ0n) is 15.3. The lowest BCUT2D eigenvalue weighted by Gasteiger charge is -2.13. The molecule has 3 rings (SSSR count). The molecular weight excluding hydrogens is 400 g/mol. The van der Waals surface area contributed by atoms with Gasteiger partial charge in [0.15, 0.2) is 5.75 Å². The predicted octanol–water partition coefficient (Wildman–Crippen LogP) is 6.72. The van der Waals surface area contributed by atoms with Crippen molar-refractivity contribution in [3.05, 3.63) is 87.7 Å². The lowest BCUT2D eigenvalue weighted by Crippen LogP contribution is -2.01. The smallest absolute Gasteiger partial charge is 0.156 e. The van der Waals surface area contributed by atoms with Crippen LogP contribution in [-0.4, -0.2) is 6.61 Å². The van der Waals surface area contributed by atoms with Crippen molar-refractivity contribution in [3.8, 4) is 11.5 Å². The van der Waals surface area contributed by atoms with Crippen LogP contribution in [0.25, 0.3) is 0 Å². The van der Waals surface area contributed by atoms with Gasteiger partial charge in [0.25, 0.3) is 0 Å². The third kappa shape index (κ3) is 5.54. The van der Waals surface area contributed by atoms with Gasteiger partial charge in [-0.2, -0.15) is 0 Å². The molecule has 0 saturated carbocycles. The summed E-state index contributed by atoms with van der Waals surface area (Å²) in [6, 6.07) is 17.5. The molecule has 28 heavy (non-hydrogen) atoms. The largest absolute Gasteiger partial charge is 0.494 e. The van der Waals surface area contributed by atoms with Crippen LogP contribution in [0.4, 0.5) is 10.1 Å². The van der Waals surface area contributed by atoms with E-state index in [1.807, 2.05) is 43.3 Å². The predicted molar refractivity (Wildman–Crippen MR) is 112 cm³/mol. The molecule has 0 radical (unpaired) electrons. The molecule has 0 heterocycles. The number of rotatable bonds is 8. The standard InChI is InChI=1S/C22H20Cl2FNO2/c1-2-27-19-9-7-18(8-10-19)26-13-16-11-20(23)22(21(24)12-16)28-14-15-3-5-17(25)6-4-15/h3-12,26H,2,13-14H2,1H3. The SMILES string of the molecule is CCOc1ccc(NCc2cc(Cl)c(OCc3ccc(F)cc3)c(Cl)c2)cc1. The van der Waals surface area contributed by atoms with Gasteiger partial charge in [0.05, 0.1) is 16.7 Å². The van der Waals surface area contributed by atoms with E-state index >= 15 is 0 Å². The van der Waals surface area contributed by atoms with Gasteiger partial charge in [-0.05, 0) is 66.6 Å². The van der Waals surface area contributed by atoms with Crippen LogP contribution in [-0.2, 0) is 13.2 Å². The molecule has 3 nitrogen and oxygen atoms in total. The first-order chi connectivity index (χ1) is 13.5. The number of ether oxygens (including phenoxy) is 2. The van der Waals surface area contributed by atoms with Crippen molar-refractivity contribution in [2.75, 3.05) is 11.9 Å². The molecule has 0 fully saturated rings. The summed E-state index contributed by atoms with van der Waals surface area (Å²) in [4.78, 5) is 0. The number of nitrogens with one attached hydrogen (secondary N) is 1. The van der Waals surface area contributed by atoms with E-state index in [4.69, 9.17) is 32.7 Å². The van der Waals surface area contributed by atoms with Crippen molar-refractivity contribution in [2.24, 2.45) is 0 Å². The molecule has 0 spiro atoms. The third-order valence-electron chi connectivity index (χ3n) is 4.02. The molecule has 0 bridgehead atoms. The Labute approximate surface area is 174 Å². The van der Waals surface area contributed by atoms with Crippen LogP contribution < -0.4 is 14.8 Å². The molecule has 1 N–H and O–H groups in total. The van der Waals surface area contributed by atoms with Crippen LogP contribution in [0.5, 0.6) is 11.5 Å². The van der Waals surface area contributed by atoms with Crippen LogP contribution in [0.15, 0.2) is 60.7 Å². The first-order valence-corrected chi connectivity index (χ1v) is 9.62. The summed E-state index contributed by atoms with van der Waals surface area (Å²) < 4.78 is 24.1. The lowest BCUT2D eigenvalue weighted by molar-refractivity contribution is 0.306.